The predicted octanol–water partition coefficient (Wildman–Crippen LogP) is 3.53. The summed E-state index contributed by atoms with van der Waals surface area (Å²) in [5.74, 6) is 0.357. The van der Waals surface area contributed by atoms with Crippen LogP contribution < -0.4 is 10.6 Å². The molecule has 4 heteroatoms. The summed E-state index contributed by atoms with van der Waals surface area (Å²) in [5, 5.41) is 16.1. The van der Waals surface area contributed by atoms with Crippen LogP contribution in [0.2, 0.25) is 0 Å². The fraction of sp³-hybridized carbons (Fsp3) is 0.263. The summed E-state index contributed by atoms with van der Waals surface area (Å²) in [6, 6.07) is 16.0. The molecular formula is C19H22BrN2O+. The van der Waals surface area contributed by atoms with E-state index in [-0.39, 0.29) is 6.04 Å². The highest BCUT2D eigenvalue weighted by atomic mass is 79.9. The van der Waals surface area contributed by atoms with Crippen molar-refractivity contribution in [1.29, 1.82) is 0 Å². The summed E-state index contributed by atoms with van der Waals surface area (Å²) in [7, 11) is 0. The molecule has 2 unspecified atom stereocenters. The van der Waals surface area contributed by atoms with Crippen molar-refractivity contribution < 1.29 is 10.4 Å². The topological polar surface area (TPSA) is 48.9 Å². The van der Waals surface area contributed by atoms with Crippen molar-refractivity contribution in [3.8, 4) is 5.75 Å². The first-order valence-corrected chi connectivity index (χ1v) is 8.84. The molecule has 0 spiro atoms. The zero-order valence-electron chi connectivity index (χ0n) is 13.2. The van der Waals surface area contributed by atoms with Gasteiger partial charge in [0, 0.05) is 22.7 Å². The SMILES string of the molecule is CCCC1NC(c2cccc(Br)c2)=CC(c2ccccc2O)[NH2+]1. The van der Waals surface area contributed by atoms with Crippen molar-refractivity contribution >= 4 is 21.6 Å². The first kappa shape index (κ1) is 16.1. The van der Waals surface area contributed by atoms with Gasteiger partial charge in [-0.3, -0.25) is 0 Å². The summed E-state index contributed by atoms with van der Waals surface area (Å²) in [6.07, 6.45) is 4.70. The summed E-state index contributed by atoms with van der Waals surface area (Å²) in [4.78, 5) is 0. The summed E-state index contributed by atoms with van der Waals surface area (Å²) >= 11 is 3.54. The molecule has 0 bridgehead atoms. The van der Waals surface area contributed by atoms with E-state index in [1.807, 2.05) is 30.3 Å². The number of rotatable bonds is 4. The quantitative estimate of drug-likeness (QED) is 0.767. The lowest BCUT2D eigenvalue weighted by atomic mass is 9.99. The molecule has 1 aliphatic heterocycles. The number of quaternary nitrogens is 1. The van der Waals surface area contributed by atoms with Gasteiger partial charge in [0.2, 0.25) is 0 Å². The molecule has 0 saturated heterocycles. The van der Waals surface area contributed by atoms with Gasteiger partial charge in [-0.2, -0.15) is 0 Å². The number of aromatic hydroxyl groups is 1. The maximum Gasteiger partial charge on any atom is 0.159 e. The van der Waals surface area contributed by atoms with Gasteiger partial charge >= 0.3 is 0 Å². The molecule has 2 aromatic rings. The van der Waals surface area contributed by atoms with Crippen molar-refractivity contribution in [2.75, 3.05) is 0 Å². The number of hydrogen-bond acceptors (Lipinski definition) is 2. The Morgan fingerprint density at radius 3 is 2.74 bits per heavy atom. The Morgan fingerprint density at radius 2 is 2.00 bits per heavy atom. The average molecular weight is 374 g/mol. The van der Waals surface area contributed by atoms with E-state index in [1.54, 1.807) is 6.07 Å². The van der Waals surface area contributed by atoms with Crippen molar-refractivity contribution in [2.24, 2.45) is 0 Å². The maximum absolute atomic E-state index is 10.2. The van der Waals surface area contributed by atoms with Gasteiger partial charge in [0.15, 0.2) is 6.17 Å². The van der Waals surface area contributed by atoms with E-state index in [0.29, 0.717) is 11.9 Å². The second-order valence-corrected chi connectivity index (χ2v) is 6.82. The number of hydrogen-bond donors (Lipinski definition) is 3. The minimum absolute atomic E-state index is 0.114. The average Bonchev–Trinajstić information content (AvgIpc) is 2.55. The van der Waals surface area contributed by atoms with Gasteiger partial charge in [-0.15, -0.1) is 0 Å². The number of benzene rings is 2. The zero-order chi connectivity index (χ0) is 16.2. The molecule has 0 amide bonds. The Bertz CT molecular complexity index is 714. The molecule has 2 aromatic carbocycles. The Hall–Kier alpha value is -1.78. The lowest BCUT2D eigenvalue weighted by Crippen LogP contribution is -2.94. The highest BCUT2D eigenvalue weighted by Gasteiger charge is 2.27. The lowest BCUT2D eigenvalue weighted by Gasteiger charge is -2.29. The molecule has 1 aliphatic rings. The van der Waals surface area contributed by atoms with Gasteiger partial charge in [-0.1, -0.05) is 47.1 Å². The first-order valence-electron chi connectivity index (χ1n) is 8.04. The molecule has 4 N–H and O–H groups in total. The second kappa shape index (κ2) is 7.20. The Morgan fingerprint density at radius 1 is 1.17 bits per heavy atom. The van der Waals surface area contributed by atoms with Crippen LogP contribution in [0, 0.1) is 0 Å². The van der Waals surface area contributed by atoms with Crippen molar-refractivity contribution in [2.45, 2.75) is 32.0 Å². The standard InChI is InChI=1S/C19H21BrN2O/c1-2-6-19-21-16(13-7-5-8-14(20)11-13)12-17(22-19)15-9-3-4-10-18(15)23/h3-5,7-12,17,19,21-23H,2,6H2,1H3/p+1. The third-order valence-corrected chi connectivity index (χ3v) is 4.65. The zero-order valence-corrected chi connectivity index (χ0v) is 14.8. The van der Waals surface area contributed by atoms with E-state index in [0.717, 1.165) is 34.1 Å². The molecule has 23 heavy (non-hydrogen) atoms. The van der Waals surface area contributed by atoms with Crippen LogP contribution in [0.1, 0.15) is 36.9 Å². The summed E-state index contributed by atoms with van der Waals surface area (Å²) in [5.41, 5.74) is 3.25. The summed E-state index contributed by atoms with van der Waals surface area (Å²) in [6.45, 7) is 2.20. The van der Waals surface area contributed by atoms with Gasteiger partial charge in [-0.25, -0.2) is 0 Å². The van der Waals surface area contributed by atoms with Crippen LogP contribution in [0.4, 0.5) is 0 Å². The number of phenolic OH excluding ortho intramolecular Hbond substituents is 1. The molecule has 0 fully saturated rings. The third-order valence-electron chi connectivity index (χ3n) is 4.16. The maximum atomic E-state index is 10.2. The van der Waals surface area contributed by atoms with E-state index < -0.39 is 0 Å². The van der Waals surface area contributed by atoms with Crippen LogP contribution in [-0.4, -0.2) is 11.3 Å². The van der Waals surface area contributed by atoms with Gasteiger partial charge in [0.25, 0.3) is 0 Å². The van der Waals surface area contributed by atoms with Crippen molar-refractivity contribution in [3.63, 3.8) is 0 Å². The van der Waals surface area contributed by atoms with Gasteiger partial charge in [-0.05, 0) is 36.2 Å². The first-order chi connectivity index (χ1) is 11.2. The number of phenols is 1. The van der Waals surface area contributed by atoms with Crippen LogP contribution in [0.15, 0.2) is 59.1 Å². The molecule has 0 saturated carbocycles. The van der Waals surface area contributed by atoms with Gasteiger partial charge in [0.05, 0.1) is 5.56 Å². The molecule has 2 atom stereocenters. The van der Waals surface area contributed by atoms with E-state index in [1.165, 1.54) is 0 Å². The van der Waals surface area contributed by atoms with Gasteiger partial charge in [0.1, 0.15) is 11.8 Å². The highest BCUT2D eigenvalue weighted by molar-refractivity contribution is 9.10. The molecular weight excluding hydrogens is 352 g/mol. The van der Waals surface area contributed by atoms with Crippen LogP contribution >= 0.6 is 15.9 Å². The van der Waals surface area contributed by atoms with Crippen molar-refractivity contribution in [1.82, 2.24) is 5.32 Å². The minimum atomic E-state index is 0.114. The number of nitrogens with one attached hydrogen (secondary N) is 1. The fourth-order valence-electron chi connectivity index (χ4n) is 3.06. The van der Waals surface area contributed by atoms with E-state index in [9.17, 15) is 5.11 Å². The third kappa shape index (κ3) is 3.77. The van der Waals surface area contributed by atoms with E-state index in [2.05, 4.69) is 51.7 Å². The molecule has 0 aromatic heterocycles. The largest absolute Gasteiger partial charge is 0.507 e. The highest BCUT2D eigenvalue weighted by Crippen LogP contribution is 2.27. The number of para-hydroxylation sites is 1. The molecule has 1 heterocycles. The van der Waals surface area contributed by atoms with Crippen LogP contribution in [-0.2, 0) is 0 Å². The van der Waals surface area contributed by atoms with Gasteiger partial charge < -0.3 is 15.7 Å². The van der Waals surface area contributed by atoms with E-state index in [4.69, 9.17) is 0 Å². The molecule has 3 nitrogen and oxygen atoms in total. The molecule has 0 radical (unpaired) electrons. The number of nitrogens with two attached hydrogens (primary N) is 1. The predicted molar refractivity (Wildman–Crippen MR) is 96.7 cm³/mol. The fourth-order valence-corrected chi connectivity index (χ4v) is 3.46. The monoisotopic (exact) mass is 373 g/mol. The number of halogens is 1. The lowest BCUT2D eigenvalue weighted by molar-refractivity contribution is -0.724. The Balaban J connectivity index is 1.98. The van der Waals surface area contributed by atoms with Crippen LogP contribution in [0.3, 0.4) is 0 Å². The van der Waals surface area contributed by atoms with Crippen LogP contribution in [0.25, 0.3) is 5.70 Å². The van der Waals surface area contributed by atoms with Crippen LogP contribution in [0.5, 0.6) is 5.75 Å². The molecule has 0 aliphatic carbocycles. The Kier molecular flexibility index (Phi) is 5.03. The smallest absolute Gasteiger partial charge is 0.159 e. The molecule has 3 rings (SSSR count). The normalized spacial score (nSPS) is 20.7. The molecule has 120 valence electrons. The Labute approximate surface area is 145 Å². The summed E-state index contributed by atoms with van der Waals surface area (Å²) < 4.78 is 1.07. The second-order valence-electron chi connectivity index (χ2n) is 5.91. The van der Waals surface area contributed by atoms with Crippen molar-refractivity contribution in [3.05, 3.63) is 70.2 Å². The van der Waals surface area contributed by atoms with E-state index >= 15 is 0 Å². The minimum Gasteiger partial charge on any atom is -0.507 e.